The number of hydrogen-bond donors (Lipinski definition) is 1. The molecule has 0 aliphatic rings. The van der Waals surface area contributed by atoms with Crippen LogP contribution in [-0.2, 0) is 6.54 Å². The molecule has 18 heavy (non-hydrogen) atoms. The molecule has 1 aromatic rings. The molecule has 0 bridgehead atoms. The highest BCUT2D eigenvalue weighted by molar-refractivity contribution is 5.28. The van der Waals surface area contributed by atoms with Gasteiger partial charge < -0.3 is 10.1 Å². The summed E-state index contributed by atoms with van der Waals surface area (Å²) in [5, 5.41) is 11.8. The van der Waals surface area contributed by atoms with Crippen molar-refractivity contribution < 1.29 is 4.74 Å². The van der Waals surface area contributed by atoms with Crippen LogP contribution in [0.2, 0.25) is 0 Å². The van der Waals surface area contributed by atoms with Crippen molar-refractivity contribution in [2.45, 2.75) is 39.2 Å². The van der Waals surface area contributed by atoms with Crippen LogP contribution in [0.1, 0.15) is 38.2 Å². The summed E-state index contributed by atoms with van der Waals surface area (Å²) in [7, 11) is 0. The van der Waals surface area contributed by atoms with E-state index in [1.54, 1.807) is 0 Å². The quantitative estimate of drug-likeness (QED) is 0.680. The molecule has 0 unspecified atom stereocenters. The van der Waals surface area contributed by atoms with Gasteiger partial charge in [-0.15, -0.1) is 0 Å². The van der Waals surface area contributed by atoms with Crippen molar-refractivity contribution in [2.24, 2.45) is 0 Å². The van der Waals surface area contributed by atoms with Crippen molar-refractivity contribution in [1.82, 2.24) is 5.32 Å². The van der Waals surface area contributed by atoms with E-state index in [1.807, 2.05) is 12.1 Å². The molecule has 0 spiro atoms. The van der Waals surface area contributed by atoms with Crippen LogP contribution in [0, 0.1) is 11.3 Å². The minimum atomic E-state index is 0.615. The molecule has 0 atom stereocenters. The summed E-state index contributed by atoms with van der Waals surface area (Å²) in [6.45, 7) is 4.78. The molecule has 0 radical (unpaired) electrons. The van der Waals surface area contributed by atoms with Crippen molar-refractivity contribution in [3.8, 4) is 11.8 Å². The molecule has 1 rings (SSSR count). The van der Waals surface area contributed by atoms with Crippen LogP contribution in [0.4, 0.5) is 0 Å². The first kappa shape index (κ1) is 14.5. The Hall–Kier alpha value is -1.53. The van der Waals surface area contributed by atoms with Crippen LogP contribution in [-0.4, -0.2) is 13.2 Å². The second kappa shape index (κ2) is 9.49. The Morgan fingerprint density at radius 1 is 1.33 bits per heavy atom. The lowest BCUT2D eigenvalue weighted by atomic mass is 10.2. The summed E-state index contributed by atoms with van der Waals surface area (Å²) >= 11 is 0. The van der Waals surface area contributed by atoms with Crippen LogP contribution < -0.4 is 10.1 Å². The third kappa shape index (κ3) is 6.27. The Morgan fingerprint density at radius 3 is 3.00 bits per heavy atom. The molecule has 1 aromatic carbocycles. The Labute approximate surface area is 110 Å². The molecule has 0 saturated carbocycles. The van der Waals surface area contributed by atoms with E-state index in [-0.39, 0.29) is 0 Å². The molecule has 98 valence electrons. The standard InChI is InChI=1S/C15H22N2O/c1-2-10-17-13-14-7-6-8-15(12-14)18-11-5-3-4-9-16/h6-8,12,17H,2-5,10-11,13H2,1H3. The van der Waals surface area contributed by atoms with Gasteiger partial charge in [-0.1, -0.05) is 19.1 Å². The first-order valence-electron chi connectivity index (χ1n) is 6.66. The zero-order chi connectivity index (χ0) is 13.1. The number of nitrogens with zero attached hydrogens (tertiary/aromatic N) is 1. The van der Waals surface area contributed by atoms with Crippen molar-refractivity contribution >= 4 is 0 Å². The van der Waals surface area contributed by atoms with E-state index in [0.717, 1.165) is 38.1 Å². The predicted octanol–water partition coefficient (Wildman–Crippen LogP) is 3.26. The van der Waals surface area contributed by atoms with E-state index >= 15 is 0 Å². The van der Waals surface area contributed by atoms with E-state index in [4.69, 9.17) is 10.00 Å². The average molecular weight is 246 g/mol. The van der Waals surface area contributed by atoms with Gasteiger partial charge in [-0.2, -0.15) is 5.26 Å². The van der Waals surface area contributed by atoms with E-state index in [2.05, 4.69) is 30.4 Å². The molecule has 3 nitrogen and oxygen atoms in total. The van der Waals surface area contributed by atoms with Gasteiger partial charge >= 0.3 is 0 Å². The lowest BCUT2D eigenvalue weighted by Gasteiger charge is -2.08. The van der Waals surface area contributed by atoms with Gasteiger partial charge in [-0.05, 0) is 43.5 Å². The molecule has 0 amide bonds. The number of benzene rings is 1. The van der Waals surface area contributed by atoms with Crippen molar-refractivity contribution in [2.75, 3.05) is 13.2 Å². The highest BCUT2D eigenvalue weighted by Gasteiger charge is 1.97. The minimum Gasteiger partial charge on any atom is -0.494 e. The molecule has 3 heteroatoms. The molecule has 0 aliphatic carbocycles. The number of hydrogen-bond acceptors (Lipinski definition) is 3. The molecule has 1 N–H and O–H groups in total. The zero-order valence-corrected chi connectivity index (χ0v) is 11.1. The van der Waals surface area contributed by atoms with E-state index < -0.39 is 0 Å². The van der Waals surface area contributed by atoms with E-state index in [9.17, 15) is 0 Å². The third-order valence-corrected chi connectivity index (χ3v) is 2.61. The Balaban J connectivity index is 2.28. The van der Waals surface area contributed by atoms with Gasteiger partial charge in [0.05, 0.1) is 12.7 Å². The minimum absolute atomic E-state index is 0.615. The Morgan fingerprint density at radius 2 is 2.22 bits per heavy atom. The summed E-state index contributed by atoms with van der Waals surface area (Å²) in [6, 6.07) is 10.3. The number of nitriles is 1. The first-order valence-corrected chi connectivity index (χ1v) is 6.66. The summed E-state index contributed by atoms with van der Waals surface area (Å²) in [5.41, 5.74) is 1.25. The normalized spacial score (nSPS) is 10.0. The van der Waals surface area contributed by atoms with Gasteiger partial charge in [0.1, 0.15) is 5.75 Å². The van der Waals surface area contributed by atoms with Gasteiger partial charge in [0.25, 0.3) is 0 Å². The highest BCUT2D eigenvalue weighted by Crippen LogP contribution is 2.13. The zero-order valence-electron chi connectivity index (χ0n) is 11.1. The summed E-state index contributed by atoms with van der Waals surface area (Å²) in [6.07, 6.45) is 3.61. The predicted molar refractivity (Wildman–Crippen MR) is 73.4 cm³/mol. The Bertz CT molecular complexity index is 371. The molecular weight excluding hydrogens is 224 g/mol. The molecule has 0 heterocycles. The SMILES string of the molecule is CCCNCc1cccc(OCCCCC#N)c1. The summed E-state index contributed by atoms with van der Waals surface area (Å²) < 4.78 is 5.66. The van der Waals surface area contributed by atoms with E-state index in [0.29, 0.717) is 13.0 Å². The largest absolute Gasteiger partial charge is 0.494 e. The molecule has 0 fully saturated rings. The first-order chi connectivity index (χ1) is 8.86. The van der Waals surface area contributed by atoms with Crippen molar-refractivity contribution in [3.63, 3.8) is 0 Å². The number of unbranched alkanes of at least 4 members (excludes halogenated alkanes) is 2. The van der Waals surface area contributed by atoms with E-state index in [1.165, 1.54) is 5.56 Å². The highest BCUT2D eigenvalue weighted by atomic mass is 16.5. The van der Waals surface area contributed by atoms with Gasteiger partial charge in [0, 0.05) is 13.0 Å². The second-order valence-electron chi connectivity index (χ2n) is 4.29. The fourth-order valence-corrected chi connectivity index (χ4v) is 1.65. The fourth-order valence-electron chi connectivity index (χ4n) is 1.65. The van der Waals surface area contributed by atoms with Gasteiger partial charge in [-0.25, -0.2) is 0 Å². The molecule has 0 aromatic heterocycles. The van der Waals surface area contributed by atoms with Gasteiger partial charge in [-0.3, -0.25) is 0 Å². The second-order valence-corrected chi connectivity index (χ2v) is 4.29. The van der Waals surface area contributed by atoms with Crippen LogP contribution in [0.5, 0.6) is 5.75 Å². The van der Waals surface area contributed by atoms with Crippen LogP contribution >= 0.6 is 0 Å². The fraction of sp³-hybridized carbons (Fsp3) is 0.533. The average Bonchev–Trinajstić information content (AvgIpc) is 2.39. The molecular formula is C15H22N2O. The smallest absolute Gasteiger partial charge is 0.119 e. The maximum absolute atomic E-state index is 8.42. The number of rotatable bonds is 9. The third-order valence-electron chi connectivity index (χ3n) is 2.61. The van der Waals surface area contributed by atoms with Crippen molar-refractivity contribution in [3.05, 3.63) is 29.8 Å². The number of nitrogens with one attached hydrogen (secondary N) is 1. The lowest BCUT2D eigenvalue weighted by Crippen LogP contribution is -2.13. The van der Waals surface area contributed by atoms with Crippen LogP contribution in [0.25, 0.3) is 0 Å². The molecule has 0 aliphatic heterocycles. The molecule has 0 saturated heterocycles. The lowest BCUT2D eigenvalue weighted by molar-refractivity contribution is 0.307. The van der Waals surface area contributed by atoms with Crippen molar-refractivity contribution in [1.29, 1.82) is 5.26 Å². The number of ether oxygens (including phenoxy) is 1. The maximum Gasteiger partial charge on any atom is 0.119 e. The Kier molecular flexibility index (Phi) is 7.66. The van der Waals surface area contributed by atoms with Gasteiger partial charge in [0.15, 0.2) is 0 Å². The topological polar surface area (TPSA) is 45.0 Å². The van der Waals surface area contributed by atoms with Crippen LogP contribution in [0.3, 0.4) is 0 Å². The summed E-state index contributed by atoms with van der Waals surface area (Å²) in [5.74, 6) is 0.919. The monoisotopic (exact) mass is 246 g/mol. The van der Waals surface area contributed by atoms with Crippen LogP contribution in [0.15, 0.2) is 24.3 Å². The summed E-state index contributed by atoms with van der Waals surface area (Å²) in [4.78, 5) is 0. The van der Waals surface area contributed by atoms with Gasteiger partial charge in [0.2, 0.25) is 0 Å². The maximum atomic E-state index is 8.42.